The number of alkyl halides is 2. The lowest BCUT2D eigenvalue weighted by Gasteiger charge is -2.27. The third-order valence-electron chi connectivity index (χ3n) is 3.98. The molecule has 2 rings (SSSR count). The first kappa shape index (κ1) is 21.9. The van der Waals surface area contributed by atoms with Crippen LogP contribution in [0.2, 0.25) is 0 Å². The van der Waals surface area contributed by atoms with Crippen molar-refractivity contribution in [3.63, 3.8) is 0 Å². The third kappa shape index (κ3) is 4.19. The Morgan fingerprint density at radius 1 is 1.43 bits per heavy atom. The monoisotopic (exact) mass is 437 g/mol. The molecule has 0 aromatic heterocycles. The summed E-state index contributed by atoms with van der Waals surface area (Å²) in [6.07, 6.45) is -3.99. The summed E-state index contributed by atoms with van der Waals surface area (Å²) < 4.78 is 67.3. The maximum atomic E-state index is 14.7. The van der Waals surface area contributed by atoms with Crippen molar-refractivity contribution in [2.45, 2.75) is 26.4 Å². The Hall–Kier alpha value is -2.41. The highest BCUT2D eigenvalue weighted by atomic mass is 32.2. The zero-order chi connectivity index (χ0) is 21.2. The molecule has 1 atom stereocenters. The molecule has 0 saturated carbocycles. The quantitative estimate of drug-likeness (QED) is 0.468. The molecule has 1 aliphatic rings. The first-order chi connectivity index (χ1) is 13.1. The number of anilines is 2. The highest BCUT2D eigenvalue weighted by Gasteiger charge is 2.39. The fraction of sp³-hybridized carbons (Fsp3) is 0.400. The molecule has 1 heterocycles. The van der Waals surface area contributed by atoms with Gasteiger partial charge in [0.25, 0.3) is 6.43 Å². The molecular formula is C15H18F3N5O3S2. The predicted molar refractivity (Wildman–Crippen MR) is 104 cm³/mol. The zero-order valence-electron chi connectivity index (χ0n) is 14.9. The summed E-state index contributed by atoms with van der Waals surface area (Å²) in [6.45, 7) is 2.93. The van der Waals surface area contributed by atoms with Crippen molar-refractivity contribution in [1.82, 2.24) is 4.90 Å². The summed E-state index contributed by atoms with van der Waals surface area (Å²) in [5.74, 6) is -1.95. The van der Waals surface area contributed by atoms with E-state index in [9.17, 15) is 26.4 Å². The molecule has 1 unspecified atom stereocenters. The fourth-order valence-electron chi connectivity index (χ4n) is 2.61. The molecule has 8 nitrogen and oxygen atoms in total. The van der Waals surface area contributed by atoms with Crippen LogP contribution in [0.3, 0.4) is 0 Å². The van der Waals surface area contributed by atoms with E-state index in [0.29, 0.717) is 6.29 Å². The van der Waals surface area contributed by atoms with Crippen molar-refractivity contribution >= 4 is 50.7 Å². The van der Waals surface area contributed by atoms with Gasteiger partial charge in [-0.25, -0.2) is 26.6 Å². The first-order valence-corrected chi connectivity index (χ1v) is 10.1. The topological polar surface area (TPSA) is 108 Å². The number of carbonyl (C=O) groups is 1. The lowest BCUT2D eigenvalue weighted by molar-refractivity contribution is -0.111. The molecule has 1 aliphatic heterocycles. The predicted octanol–water partition coefficient (Wildman–Crippen LogP) is 1.47. The van der Waals surface area contributed by atoms with Crippen LogP contribution in [0.4, 0.5) is 24.5 Å². The van der Waals surface area contributed by atoms with Gasteiger partial charge in [0, 0.05) is 12.1 Å². The number of rotatable bonds is 8. The normalized spacial score (nSPS) is 17.1. The Morgan fingerprint density at radius 2 is 2.07 bits per heavy atom. The van der Waals surface area contributed by atoms with E-state index in [1.165, 1.54) is 13.8 Å². The summed E-state index contributed by atoms with van der Waals surface area (Å²) in [4.78, 5) is 12.2. The molecular weight excluding hydrogens is 419 g/mol. The van der Waals surface area contributed by atoms with Crippen molar-refractivity contribution in [3.05, 3.63) is 23.5 Å². The van der Waals surface area contributed by atoms with Gasteiger partial charge in [0.15, 0.2) is 18.3 Å². The lowest BCUT2D eigenvalue weighted by Crippen LogP contribution is -2.45. The number of nitrogens with zero attached hydrogens (tertiary/aromatic N) is 3. The van der Waals surface area contributed by atoms with Crippen molar-refractivity contribution in [2.24, 2.45) is 10.8 Å². The largest absolute Gasteiger partial charge is 0.389 e. The highest BCUT2D eigenvalue weighted by molar-refractivity contribution is 7.92. The molecule has 0 amide bonds. The average molecular weight is 437 g/mol. The van der Waals surface area contributed by atoms with Gasteiger partial charge < -0.3 is 10.6 Å². The minimum Gasteiger partial charge on any atom is -0.389 e. The summed E-state index contributed by atoms with van der Waals surface area (Å²) in [5.41, 5.74) is 4.89. The molecule has 0 saturated heterocycles. The summed E-state index contributed by atoms with van der Waals surface area (Å²) in [5, 5.41) is 4.43. The van der Waals surface area contributed by atoms with Gasteiger partial charge in [-0.3, -0.25) is 9.52 Å². The second kappa shape index (κ2) is 8.31. The van der Waals surface area contributed by atoms with E-state index in [4.69, 9.17) is 18.0 Å². The van der Waals surface area contributed by atoms with E-state index in [1.54, 1.807) is 0 Å². The minimum absolute atomic E-state index is 0.0188. The number of hydrazone groups is 1. The molecule has 0 fully saturated rings. The first-order valence-electron chi connectivity index (χ1n) is 8.07. The SMILES string of the molecule is CCN1C(C(F)F)=NN(c2cc(NS(=O)(=O)CC)c(C(N)=S)cc2F)C1C=O. The van der Waals surface area contributed by atoms with E-state index in [1.807, 2.05) is 0 Å². The molecule has 0 bridgehead atoms. The molecule has 28 heavy (non-hydrogen) atoms. The molecule has 1 aromatic carbocycles. The number of benzene rings is 1. The summed E-state index contributed by atoms with van der Waals surface area (Å²) in [6, 6.07) is 1.87. The van der Waals surface area contributed by atoms with E-state index in [0.717, 1.165) is 22.0 Å². The van der Waals surface area contributed by atoms with Crippen molar-refractivity contribution in [1.29, 1.82) is 0 Å². The Kier molecular flexibility index (Phi) is 6.49. The van der Waals surface area contributed by atoms with Crippen molar-refractivity contribution in [2.75, 3.05) is 22.0 Å². The van der Waals surface area contributed by atoms with Crippen LogP contribution in [0.15, 0.2) is 17.2 Å². The van der Waals surface area contributed by atoms with Crippen LogP contribution in [0.25, 0.3) is 0 Å². The van der Waals surface area contributed by atoms with Crippen molar-refractivity contribution in [3.8, 4) is 0 Å². The number of hydrogen-bond donors (Lipinski definition) is 2. The van der Waals surface area contributed by atoms with Crippen LogP contribution < -0.4 is 15.5 Å². The van der Waals surface area contributed by atoms with Crippen LogP contribution in [-0.4, -0.2) is 55.3 Å². The van der Waals surface area contributed by atoms with E-state index in [-0.39, 0.29) is 34.2 Å². The van der Waals surface area contributed by atoms with Gasteiger partial charge in [0.2, 0.25) is 10.0 Å². The number of carbonyl (C=O) groups excluding carboxylic acids is 1. The smallest absolute Gasteiger partial charge is 0.297 e. The molecule has 154 valence electrons. The van der Waals surface area contributed by atoms with Crippen LogP contribution in [-0.2, 0) is 14.8 Å². The molecule has 1 aromatic rings. The Balaban J connectivity index is 2.64. The zero-order valence-corrected chi connectivity index (χ0v) is 16.5. The number of aldehydes is 1. The number of likely N-dealkylation sites (N-methyl/N-ethyl adjacent to an activating group) is 1. The average Bonchev–Trinajstić information content (AvgIpc) is 3.01. The van der Waals surface area contributed by atoms with E-state index in [2.05, 4.69) is 9.82 Å². The van der Waals surface area contributed by atoms with E-state index >= 15 is 0 Å². The van der Waals surface area contributed by atoms with Crippen LogP contribution in [0.1, 0.15) is 19.4 Å². The van der Waals surface area contributed by atoms with Crippen LogP contribution in [0, 0.1) is 5.82 Å². The second-order valence-corrected chi connectivity index (χ2v) is 8.11. The molecule has 13 heteroatoms. The number of sulfonamides is 1. The van der Waals surface area contributed by atoms with E-state index < -0.39 is 34.3 Å². The fourth-order valence-corrected chi connectivity index (χ4v) is 3.42. The van der Waals surface area contributed by atoms with Gasteiger partial charge in [0.1, 0.15) is 16.5 Å². The van der Waals surface area contributed by atoms with Gasteiger partial charge in [-0.05, 0) is 26.0 Å². The maximum Gasteiger partial charge on any atom is 0.297 e. The molecule has 3 N–H and O–H groups in total. The highest BCUT2D eigenvalue weighted by Crippen LogP contribution is 2.33. The molecule has 0 spiro atoms. The number of nitrogens with two attached hydrogens (primary N) is 1. The Bertz CT molecular complexity index is 924. The maximum absolute atomic E-state index is 14.7. The van der Waals surface area contributed by atoms with Gasteiger partial charge in [-0.2, -0.15) is 5.10 Å². The third-order valence-corrected chi connectivity index (χ3v) is 5.49. The number of hydrogen-bond acceptors (Lipinski definition) is 7. The minimum atomic E-state index is -3.78. The van der Waals surface area contributed by atoms with Crippen LogP contribution in [0.5, 0.6) is 0 Å². The standard InChI is InChI=1S/C15H18F3N5O3S2/c1-3-22-12(7-24)23(20-15(22)13(17)18)11-6-10(21-28(25,26)4-2)8(14(19)27)5-9(11)16/h5-7,12-13,21H,3-4H2,1-2H3,(H2,19,27). The summed E-state index contributed by atoms with van der Waals surface area (Å²) in [7, 11) is -3.78. The second-order valence-electron chi connectivity index (χ2n) is 5.66. The number of halogens is 3. The van der Waals surface area contributed by atoms with Gasteiger partial charge in [-0.1, -0.05) is 12.2 Å². The Labute approximate surface area is 165 Å². The summed E-state index contributed by atoms with van der Waals surface area (Å²) >= 11 is 4.82. The number of nitrogens with one attached hydrogen (secondary N) is 1. The van der Waals surface area contributed by atoms with Gasteiger partial charge >= 0.3 is 0 Å². The lowest BCUT2D eigenvalue weighted by atomic mass is 10.1. The van der Waals surface area contributed by atoms with Gasteiger partial charge in [-0.15, -0.1) is 0 Å². The van der Waals surface area contributed by atoms with Crippen LogP contribution >= 0.6 is 12.2 Å². The van der Waals surface area contributed by atoms with Gasteiger partial charge in [0.05, 0.1) is 11.4 Å². The Morgan fingerprint density at radius 3 is 2.54 bits per heavy atom. The number of amidine groups is 1. The van der Waals surface area contributed by atoms with Crippen molar-refractivity contribution < 1.29 is 26.4 Å². The number of thiocarbonyl (C=S) groups is 1. The molecule has 0 radical (unpaired) electrons. The molecule has 0 aliphatic carbocycles.